The van der Waals surface area contributed by atoms with Gasteiger partial charge in [-0.05, 0) is 48.2 Å². The predicted octanol–water partition coefficient (Wildman–Crippen LogP) is 6.43. The van der Waals surface area contributed by atoms with E-state index in [2.05, 4.69) is 13.8 Å². The summed E-state index contributed by atoms with van der Waals surface area (Å²) in [6.07, 6.45) is 0.409. The van der Waals surface area contributed by atoms with Crippen molar-refractivity contribution in [3.05, 3.63) is 57.6 Å². The van der Waals surface area contributed by atoms with Gasteiger partial charge in [0.1, 0.15) is 18.5 Å². The van der Waals surface area contributed by atoms with Crippen LogP contribution in [-0.2, 0) is 5.41 Å². The van der Waals surface area contributed by atoms with Crippen LogP contribution in [0.1, 0.15) is 37.8 Å². The summed E-state index contributed by atoms with van der Waals surface area (Å²) in [5.74, 6) is 1.14. The van der Waals surface area contributed by atoms with E-state index in [1.165, 1.54) is 0 Å². The maximum absolute atomic E-state index is 12.1. The molecule has 2 rings (SSSR count). The minimum atomic E-state index is -0.794. The number of aliphatic hydroxyl groups excluding tert-OH is 1. The standard InChI is InChI=1S/C22H26Cl3FO3/c1-22(2,15-5-7-18(8-6-15)28-10-4-3-9-26)16-11-19(24)21(20(25)12-16)29-14-17(27)13-23/h5-8,11-12,17,27H,3-4,9-10,13-14H2,1-2H3. The van der Waals surface area contributed by atoms with Crippen molar-refractivity contribution in [2.45, 2.75) is 38.2 Å². The summed E-state index contributed by atoms with van der Waals surface area (Å²) >= 11 is 18.4. The lowest BCUT2D eigenvalue weighted by atomic mass is 9.78. The molecule has 1 atom stereocenters. The molecule has 2 aromatic carbocycles. The summed E-state index contributed by atoms with van der Waals surface area (Å²) in [6, 6.07) is 11.4. The Morgan fingerprint density at radius 2 is 1.62 bits per heavy atom. The van der Waals surface area contributed by atoms with Crippen molar-refractivity contribution in [2.24, 2.45) is 0 Å². The molecule has 1 unspecified atom stereocenters. The topological polar surface area (TPSA) is 38.7 Å². The molecule has 1 N–H and O–H groups in total. The van der Waals surface area contributed by atoms with Crippen molar-refractivity contribution in [3.8, 4) is 11.5 Å². The third-order valence-electron chi connectivity index (χ3n) is 4.69. The molecule has 0 aliphatic carbocycles. The molecule has 29 heavy (non-hydrogen) atoms. The molecule has 0 radical (unpaired) electrons. The summed E-state index contributed by atoms with van der Waals surface area (Å²) in [5, 5.41) is 10.3. The Kier molecular flexibility index (Phi) is 9.35. The minimum absolute atomic E-state index is 0.0124. The van der Waals surface area contributed by atoms with Crippen LogP contribution in [0.3, 0.4) is 0 Å². The molecular weight excluding hydrogens is 438 g/mol. The van der Waals surface area contributed by atoms with Crippen molar-refractivity contribution >= 4 is 34.8 Å². The highest BCUT2D eigenvalue weighted by molar-refractivity contribution is 6.37. The highest BCUT2D eigenvalue weighted by Crippen LogP contribution is 2.40. The van der Waals surface area contributed by atoms with E-state index in [-0.39, 0.29) is 24.6 Å². The first kappa shape index (κ1) is 24.1. The maximum atomic E-state index is 12.1. The van der Waals surface area contributed by atoms with Gasteiger partial charge in [0.25, 0.3) is 0 Å². The largest absolute Gasteiger partial charge is 0.494 e. The van der Waals surface area contributed by atoms with Gasteiger partial charge in [-0.15, -0.1) is 11.6 Å². The van der Waals surface area contributed by atoms with Gasteiger partial charge in [-0.1, -0.05) is 49.2 Å². The number of rotatable bonds is 11. The molecule has 0 saturated carbocycles. The number of alkyl halides is 2. The zero-order valence-corrected chi connectivity index (χ0v) is 18.8. The fraction of sp³-hybridized carbons (Fsp3) is 0.455. The van der Waals surface area contributed by atoms with Crippen LogP contribution in [-0.4, -0.2) is 37.0 Å². The van der Waals surface area contributed by atoms with Gasteiger partial charge < -0.3 is 14.6 Å². The average molecular weight is 464 g/mol. The summed E-state index contributed by atoms with van der Waals surface area (Å²) < 4.78 is 23.3. The molecule has 0 aliphatic heterocycles. The number of halogens is 4. The van der Waals surface area contributed by atoms with Gasteiger partial charge in [0.15, 0.2) is 5.75 Å². The van der Waals surface area contributed by atoms with Crippen LogP contribution in [0, 0.1) is 0 Å². The van der Waals surface area contributed by atoms with Crippen molar-refractivity contribution < 1.29 is 19.0 Å². The van der Waals surface area contributed by atoms with Gasteiger partial charge in [-0.2, -0.15) is 0 Å². The minimum Gasteiger partial charge on any atom is -0.494 e. The first-order valence-electron chi connectivity index (χ1n) is 9.45. The number of benzene rings is 2. The number of hydrogen-bond donors (Lipinski definition) is 1. The molecule has 160 valence electrons. The Morgan fingerprint density at radius 3 is 2.17 bits per heavy atom. The van der Waals surface area contributed by atoms with Crippen LogP contribution in [0.15, 0.2) is 36.4 Å². The molecule has 0 fully saturated rings. The molecule has 0 spiro atoms. The second-order valence-corrected chi connectivity index (χ2v) is 8.41. The normalized spacial score (nSPS) is 12.7. The first-order valence-corrected chi connectivity index (χ1v) is 10.7. The van der Waals surface area contributed by atoms with Crippen LogP contribution >= 0.6 is 34.8 Å². The fourth-order valence-electron chi connectivity index (χ4n) is 2.80. The van der Waals surface area contributed by atoms with E-state index in [9.17, 15) is 9.50 Å². The number of ether oxygens (including phenoxy) is 2. The van der Waals surface area contributed by atoms with Crippen molar-refractivity contribution in [3.63, 3.8) is 0 Å². The highest BCUT2D eigenvalue weighted by Gasteiger charge is 2.26. The van der Waals surface area contributed by atoms with E-state index >= 15 is 0 Å². The van der Waals surface area contributed by atoms with E-state index < -0.39 is 6.10 Å². The zero-order chi connectivity index (χ0) is 21.4. The molecule has 0 bridgehead atoms. The number of unbranched alkanes of at least 4 members (excludes halogenated alkanes) is 1. The Morgan fingerprint density at radius 1 is 1.00 bits per heavy atom. The van der Waals surface area contributed by atoms with Crippen LogP contribution in [0.25, 0.3) is 0 Å². The SMILES string of the molecule is CC(C)(c1ccc(OCCCCF)cc1)c1cc(Cl)c(OCC(O)CCl)c(Cl)c1. The first-order chi connectivity index (χ1) is 13.8. The quantitative estimate of drug-likeness (QED) is 0.308. The Hall–Kier alpha value is -1.20. The van der Waals surface area contributed by atoms with Crippen molar-refractivity contribution in [2.75, 3.05) is 25.8 Å². The van der Waals surface area contributed by atoms with E-state index in [4.69, 9.17) is 44.3 Å². The molecule has 0 heterocycles. The average Bonchev–Trinajstić information content (AvgIpc) is 2.70. The van der Waals surface area contributed by atoms with E-state index in [0.29, 0.717) is 35.2 Å². The molecule has 0 aromatic heterocycles. The van der Waals surface area contributed by atoms with Gasteiger partial charge in [0, 0.05) is 5.41 Å². The summed E-state index contributed by atoms with van der Waals surface area (Å²) in [6.45, 7) is 4.34. The Labute approximate surface area is 186 Å². The highest BCUT2D eigenvalue weighted by atomic mass is 35.5. The van der Waals surface area contributed by atoms with Gasteiger partial charge >= 0.3 is 0 Å². The maximum Gasteiger partial charge on any atom is 0.156 e. The number of aliphatic hydroxyl groups is 1. The summed E-state index contributed by atoms with van der Waals surface area (Å²) in [4.78, 5) is 0. The summed E-state index contributed by atoms with van der Waals surface area (Å²) in [7, 11) is 0. The molecule has 7 heteroatoms. The van der Waals surface area contributed by atoms with Gasteiger partial charge in [0.05, 0.1) is 29.2 Å². The van der Waals surface area contributed by atoms with Crippen molar-refractivity contribution in [1.82, 2.24) is 0 Å². The van der Waals surface area contributed by atoms with Gasteiger partial charge in [0.2, 0.25) is 0 Å². The van der Waals surface area contributed by atoms with E-state index in [1.807, 2.05) is 36.4 Å². The lowest BCUT2D eigenvalue weighted by Gasteiger charge is -2.27. The lowest BCUT2D eigenvalue weighted by Crippen LogP contribution is -2.20. The molecule has 0 aliphatic rings. The second-order valence-electron chi connectivity index (χ2n) is 7.28. The van der Waals surface area contributed by atoms with Gasteiger partial charge in [-0.25, -0.2) is 0 Å². The molecule has 2 aromatic rings. The van der Waals surface area contributed by atoms with Crippen LogP contribution in [0.2, 0.25) is 10.0 Å². The molecule has 0 amide bonds. The Bertz CT molecular complexity index is 758. The predicted molar refractivity (Wildman–Crippen MR) is 118 cm³/mol. The smallest absolute Gasteiger partial charge is 0.156 e. The van der Waals surface area contributed by atoms with Gasteiger partial charge in [-0.3, -0.25) is 4.39 Å². The zero-order valence-electron chi connectivity index (χ0n) is 16.6. The molecule has 0 saturated heterocycles. The lowest BCUT2D eigenvalue weighted by molar-refractivity contribution is 0.125. The van der Waals surface area contributed by atoms with Crippen LogP contribution in [0.5, 0.6) is 11.5 Å². The van der Waals surface area contributed by atoms with E-state index in [0.717, 1.165) is 16.9 Å². The third kappa shape index (κ3) is 6.65. The second kappa shape index (κ2) is 11.3. The van der Waals surface area contributed by atoms with Crippen LogP contribution < -0.4 is 9.47 Å². The monoisotopic (exact) mass is 462 g/mol. The van der Waals surface area contributed by atoms with Crippen LogP contribution in [0.4, 0.5) is 4.39 Å². The van der Waals surface area contributed by atoms with E-state index in [1.54, 1.807) is 0 Å². The molecular formula is C22H26Cl3FO3. The number of hydrogen-bond acceptors (Lipinski definition) is 3. The Balaban J connectivity index is 2.15. The third-order valence-corrected chi connectivity index (χ3v) is 5.61. The molecule has 3 nitrogen and oxygen atoms in total. The fourth-order valence-corrected chi connectivity index (χ4v) is 3.49. The van der Waals surface area contributed by atoms with Crippen molar-refractivity contribution in [1.29, 1.82) is 0 Å². The summed E-state index contributed by atoms with van der Waals surface area (Å²) in [5.41, 5.74) is 1.62.